The van der Waals surface area contributed by atoms with Gasteiger partial charge in [-0.25, -0.2) is 5.01 Å². The minimum absolute atomic E-state index is 0.176. The summed E-state index contributed by atoms with van der Waals surface area (Å²) in [5, 5.41) is 7.09. The highest BCUT2D eigenvalue weighted by Gasteiger charge is 2.34. The maximum absolute atomic E-state index is 13.4. The third kappa shape index (κ3) is 3.77. The van der Waals surface area contributed by atoms with E-state index in [-0.39, 0.29) is 17.5 Å². The number of hydrogen-bond acceptors (Lipinski definition) is 4. The molecule has 5 rings (SSSR count). The number of pyridine rings is 1. The van der Waals surface area contributed by atoms with Gasteiger partial charge in [-0.15, -0.1) is 0 Å². The molecule has 0 saturated heterocycles. The molecule has 0 radical (unpaired) electrons. The molecule has 0 aliphatic carbocycles. The lowest BCUT2D eigenvalue weighted by molar-refractivity contribution is -0.130. The van der Waals surface area contributed by atoms with Crippen molar-refractivity contribution in [3.8, 4) is 16.9 Å². The Bertz CT molecular complexity index is 1470. The van der Waals surface area contributed by atoms with Crippen LogP contribution >= 0.6 is 0 Å². The molecule has 3 aromatic carbocycles. The van der Waals surface area contributed by atoms with Crippen molar-refractivity contribution in [2.75, 3.05) is 7.11 Å². The molecule has 0 unspecified atom stereocenters. The molecular formula is C28H25N3O3. The summed E-state index contributed by atoms with van der Waals surface area (Å²) in [5.74, 6) is 0.565. The number of carbonyl (C=O) groups excluding carboxylic acids is 1. The molecule has 4 aromatic rings. The number of methoxy groups -OCH3 is 1. The van der Waals surface area contributed by atoms with Gasteiger partial charge >= 0.3 is 0 Å². The quantitative estimate of drug-likeness (QED) is 0.463. The van der Waals surface area contributed by atoms with E-state index >= 15 is 0 Å². The third-order valence-corrected chi connectivity index (χ3v) is 6.28. The Hall–Kier alpha value is -4.19. The molecule has 1 aliphatic rings. The van der Waals surface area contributed by atoms with Crippen molar-refractivity contribution in [2.24, 2.45) is 5.10 Å². The minimum Gasteiger partial charge on any atom is -0.497 e. The molecule has 170 valence electrons. The van der Waals surface area contributed by atoms with E-state index in [0.717, 1.165) is 38.9 Å². The molecule has 1 atom stereocenters. The van der Waals surface area contributed by atoms with Crippen molar-refractivity contribution in [1.29, 1.82) is 0 Å². The Balaban J connectivity index is 1.69. The molecule has 0 saturated carbocycles. The predicted octanol–water partition coefficient (Wildman–Crippen LogP) is 5.21. The number of rotatable bonds is 4. The fraction of sp³-hybridized carbons (Fsp3) is 0.179. The third-order valence-electron chi connectivity index (χ3n) is 6.28. The van der Waals surface area contributed by atoms with Gasteiger partial charge in [0.15, 0.2) is 0 Å². The number of aromatic amines is 1. The van der Waals surface area contributed by atoms with Crippen LogP contribution in [0.2, 0.25) is 0 Å². The first kappa shape index (κ1) is 21.6. The Labute approximate surface area is 197 Å². The molecule has 34 heavy (non-hydrogen) atoms. The smallest absolute Gasteiger partial charge is 0.258 e. The molecule has 1 aliphatic heterocycles. The zero-order valence-electron chi connectivity index (χ0n) is 19.3. The van der Waals surface area contributed by atoms with Gasteiger partial charge in [0.1, 0.15) is 5.75 Å². The zero-order chi connectivity index (χ0) is 23.8. The number of benzene rings is 3. The predicted molar refractivity (Wildman–Crippen MR) is 134 cm³/mol. The van der Waals surface area contributed by atoms with E-state index in [0.29, 0.717) is 17.7 Å². The number of hydrazone groups is 1. The van der Waals surface area contributed by atoms with Crippen molar-refractivity contribution in [2.45, 2.75) is 26.3 Å². The number of aromatic nitrogens is 1. The van der Waals surface area contributed by atoms with Gasteiger partial charge in [0, 0.05) is 29.8 Å². The van der Waals surface area contributed by atoms with E-state index in [1.54, 1.807) is 7.11 Å². The van der Waals surface area contributed by atoms with Gasteiger partial charge in [-0.3, -0.25) is 9.59 Å². The molecule has 1 aromatic heterocycles. The molecule has 0 spiro atoms. The van der Waals surface area contributed by atoms with Crippen LogP contribution in [0.1, 0.15) is 36.1 Å². The van der Waals surface area contributed by atoms with Crippen molar-refractivity contribution >= 4 is 22.5 Å². The molecule has 6 nitrogen and oxygen atoms in total. The first-order valence-corrected chi connectivity index (χ1v) is 11.2. The van der Waals surface area contributed by atoms with Crippen molar-refractivity contribution in [1.82, 2.24) is 9.99 Å². The van der Waals surface area contributed by atoms with Gasteiger partial charge in [0.2, 0.25) is 5.91 Å². The summed E-state index contributed by atoms with van der Waals surface area (Å²) in [7, 11) is 1.62. The summed E-state index contributed by atoms with van der Waals surface area (Å²) in [5.41, 5.74) is 5.49. The molecule has 0 bridgehead atoms. The van der Waals surface area contributed by atoms with Crippen LogP contribution in [0.4, 0.5) is 0 Å². The van der Waals surface area contributed by atoms with Gasteiger partial charge in [-0.1, -0.05) is 60.2 Å². The van der Waals surface area contributed by atoms with Crippen LogP contribution in [0.15, 0.2) is 82.7 Å². The second-order valence-corrected chi connectivity index (χ2v) is 8.52. The summed E-state index contributed by atoms with van der Waals surface area (Å²) in [6.07, 6.45) is 0.437. The van der Waals surface area contributed by atoms with Gasteiger partial charge in [-0.2, -0.15) is 5.10 Å². The standard InChI is InChI=1S/C28H25N3O3/c1-17-8-10-20(11-9-17)26-22-6-4-5-7-23(22)29-28(33)27(26)24-16-25(31(30-24)18(2)32)19-12-14-21(34-3)15-13-19/h4-15,25H,16H2,1-3H3,(H,29,33)/t25-/m1/s1. The van der Waals surface area contributed by atoms with Gasteiger partial charge in [0.05, 0.1) is 24.4 Å². The van der Waals surface area contributed by atoms with Crippen LogP contribution in [-0.4, -0.2) is 28.7 Å². The Morgan fingerprint density at radius 2 is 1.71 bits per heavy atom. The van der Waals surface area contributed by atoms with Crippen LogP contribution < -0.4 is 10.3 Å². The average molecular weight is 452 g/mol. The summed E-state index contributed by atoms with van der Waals surface area (Å²) < 4.78 is 5.27. The Kier molecular flexibility index (Phi) is 5.49. The lowest BCUT2D eigenvalue weighted by Gasteiger charge is -2.20. The highest BCUT2D eigenvalue weighted by atomic mass is 16.5. The zero-order valence-corrected chi connectivity index (χ0v) is 19.3. The monoisotopic (exact) mass is 451 g/mol. The number of ether oxygens (including phenoxy) is 1. The number of fused-ring (bicyclic) bond motifs is 1. The molecule has 6 heteroatoms. The van der Waals surface area contributed by atoms with Gasteiger partial charge in [0.25, 0.3) is 5.56 Å². The van der Waals surface area contributed by atoms with E-state index in [1.165, 1.54) is 11.9 Å². The first-order chi connectivity index (χ1) is 16.5. The SMILES string of the molecule is COc1ccc([C@H]2CC(c3c(-c4ccc(C)cc4)c4ccccc4[nH]c3=O)=NN2C(C)=O)cc1. The highest BCUT2D eigenvalue weighted by molar-refractivity contribution is 6.12. The van der Waals surface area contributed by atoms with Gasteiger partial charge < -0.3 is 9.72 Å². The van der Waals surface area contributed by atoms with E-state index in [1.807, 2.05) is 79.7 Å². The van der Waals surface area contributed by atoms with E-state index < -0.39 is 0 Å². The van der Waals surface area contributed by atoms with Crippen LogP contribution in [0.25, 0.3) is 22.0 Å². The largest absolute Gasteiger partial charge is 0.497 e. The summed E-state index contributed by atoms with van der Waals surface area (Å²) >= 11 is 0. The Morgan fingerprint density at radius 3 is 2.38 bits per heavy atom. The summed E-state index contributed by atoms with van der Waals surface area (Å²) in [6, 6.07) is 23.2. The lowest BCUT2D eigenvalue weighted by Crippen LogP contribution is -2.24. The number of nitrogens with zero attached hydrogens (tertiary/aromatic N) is 2. The minimum atomic E-state index is -0.296. The van der Waals surface area contributed by atoms with Crippen LogP contribution in [-0.2, 0) is 4.79 Å². The van der Waals surface area contributed by atoms with E-state index in [9.17, 15) is 9.59 Å². The normalized spacial score (nSPS) is 15.4. The fourth-order valence-corrected chi connectivity index (χ4v) is 4.58. The second-order valence-electron chi connectivity index (χ2n) is 8.52. The van der Waals surface area contributed by atoms with Crippen molar-refractivity contribution in [3.63, 3.8) is 0 Å². The molecule has 0 fully saturated rings. The number of para-hydroxylation sites is 1. The van der Waals surface area contributed by atoms with Gasteiger partial charge in [-0.05, 0) is 36.2 Å². The van der Waals surface area contributed by atoms with Crippen LogP contribution in [0.3, 0.4) is 0 Å². The Morgan fingerprint density at radius 1 is 1.00 bits per heavy atom. The number of H-pyrrole nitrogens is 1. The number of hydrogen-bond donors (Lipinski definition) is 1. The summed E-state index contributed by atoms with van der Waals surface area (Å²) in [6.45, 7) is 3.53. The molecule has 1 N–H and O–H groups in total. The molecule has 1 amide bonds. The fourth-order valence-electron chi connectivity index (χ4n) is 4.58. The lowest BCUT2D eigenvalue weighted by atomic mass is 9.90. The van der Waals surface area contributed by atoms with E-state index in [4.69, 9.17) is 4.74 Å². The van der Waals surface area contributed by atoms with Crippen LogP contribution in [0.5, 0.6) is 5.75 Å². The maximum atomic E-state index is 13.4. The van der Waals surface area contributed by atoms with Crippen molar-refractivity contribution in [3.05, 3.63) is 99.8 Å². The summed E-state index contributed by atoms with van der Waals surface area (Å²) in [4.78, 5) is 29.0. The maximum Gasteiger partial charge on any atom is 0.258 e. The van der Waals surface area contributed by atoms with Crippen molar-refractivity contribution < 1.29 is 9.53 Å². The first-order valence-electron chi connectivity index (χ1n) is 11.2. The van der Waals surface area contributed by atoms with Crippen LogP contribution in [0, 0.1) is 6.92 Å². The number of amides is 1. The second kappa shape index (κ2) is 8.63. The number of carbonyl (C=O) groups is 1. The molecule has 2 heterocycles. The topological polar surface area (TPSA) is 74.8 Å². The molecular weight excluding hydrogens is 426 g/mol. The van der Waals surface area contributed by atoms with E-state index in [2.05, 4.69) is 10.1 Å². The number of nitrogens with one attached hydrogen (secondary N) is 1. The average Bonchev–Trinajstić information content (AvgIpc) is 3.29. The highest BCUT2D eigenvalue weighted by Crippen LogP contribution is 2.37. The number of aryl methyl sites for hydroxylation is 1.